The van der Waals surface area contributed by atoms with E-state index in [0.29, 0.717) is 24.7 Å². The molecule has 0 N–H and O–H groups in total. The summed E-state index contributed by atoms with van der Waals surface area (Å²) in [6, 6.07) is 25.4. The van der Waals surface area contributed by atoms with Crippen LogP contribution in [-0.4, -0.2) is 6.08 Å². The zero-order valence-corrected chi connectivity index (χ0v) is 14.3. The lowest BCUT2D eigenvalue weighted by atomic mass is 10.2. The number of hydrogen-bond donors (Lipinski definition) is 0. The summed E-state index contributed by atoms with van der Waals surface area (Å²) in [5.41, 5.74) is 3.01. The highest BCUT2D eigenvalue weighted by molar-refractivity contribution is 5.44. The quantitative estimate of drug-likeness (QED) is 0.440. The third-order valence-electron chi connectivity index (χ3n) is 3.81. The molecule has 4 heteroatoms. The van der Waals surface area contributed by atoms with Crippen molar-refractivity contribution in [3.8, 4) is 11.5 Å². The molecule has 4 nitrogen and oxygen atoms in total. The average Bonchev–Trinajstić information content (AvgIpc) is 2.71. The highest BCUT2D eigenvalue weighted by Crippen LogP contribution is 2.30. The lowest BCUT2D eigenvalue weighted by Crippen LogP contribution is -2.01. The SMILES string of the molecule is O=C=NCc1ccc(OCc2ccccc2)c(OCc2ccccc2)c1. The van der Waals surface area contributed by atoms with Crippen LogP contribution in [0.2, 0.25) is 0 Å². The maximum absolute atomic E-state index is 10.4. The van der Waals surface area contributed by atoms with Crippen molar-refractivity contribution in [1.29, 1.82) is 0 Å². The molecule has 0 saturated carbocycles. The molecule has 0 aliphatic heterocycles. The molecule has 0 aromatic heterocycles. The van der Waals surface area contributed by atoms with E-state index in [-0.39, 0.29) is 6.54 Å². The van der Waals surface area contributed by atoms with Crippen molar-refractivity contribution in [3.63, 3.8) is 0 Å². The fraction of sp³-hybridized carbons (Fsp3) is 0.136. The average molecular weight is 345 g/mol. The van der Waals surface area contributed by atoms with E-state index >= 15 is 0 Å². The Bertz CT molecular complexity index is 872. The molecule has 26 heavy (non-hydrogen) atoms. The van der Waals surface area contributed by atoms with Gasteiger partial charge in [0.25, 0.3) is 0 Å². The van der Waals surface area contributed by atoms with Crippen LogP contribution < -0.4 is 9.47 Å². The van der Waals surface area contributed by atoms with E-state index < -0.39 is 0 Å². The lowest BCUT2D eigenvalue weighted by Gasteiger charge is -2.14. The van der Waals surface area contributed by atoms with Gasteiger partial charge in [-0.2, -0.15) is 0 Å². The van der Waals surface area contributed by atoms with Gasteiger partial charge < -0.3 is 9.47 Å². The zero-order valence-electron chi connectivity index (χ0n) is 14.3. The number of isocyanates is 1. The van der Waals surface area contributed by atoms with Crippen LogP contribution in [0.25, 0.3) is 0 Å². The number of rotatable bonds is 8. The second-order valence-electron chi connectivity index (χ2n) is 5.74. The summed E-state index contributed by atoms with van der Waals surface area (Å²) < 4.78 is 11.9. The monoisotopic (exact) mass is 345 g/mol. The Balaban J connectivity index is 1.76. The smallest absolute Gasteiger partial charge is 0.235 e. The number of benzene rings is 3. The van der Waals surface area contributed by atoms with Gasteiger partial charge in [-0.05, 0) is 28.8 Å². The second-order valence-corrected chi connectivity index (χ2v) is 5.74. The van der Waals surface area contributed by atoms with Crippen molar-refractivity contribution in [1.82, 2.24) is 0 Å². The molecule has 0 aliphatic rings. The number of aliphatic imine (C=N–C) groups is 1. The maximum Gasteiger partial charge on any atom is 0.235 e. The summed E-state index contributed by atoms with van der Waals surface area (Å²) in [6.45, 7) is 1.15. The van der Waals surface area contributed by atoms with Crippen molar-refractivity contribution in [2.45, 2.75) is 19.8 Å². The zero-order chi connectivity index (χ0) is 18.0. The Morgan fingerprint density at radius 1 is 0.692 bits per heavy atom. The Hall–Kier alpha value is -3.36. The number of ether oxygens (including phenoxy) is 2. The van der Waals surface area contributed by atoms with E-state index in [0.717, 1.165) is 16.7 Å². The van der Waals surface area contributed by atoms with Gasteiger partial charge in [0.1, 0.15) is 13.2 Å². The molecule has 130 valence electrons. The molecule has 0 spiro atoms. The topological polar surface area (TPSA) is 47.9 Å². The van der Waals surface area contributed by atoms with Crippen molar-refractivity contribution >= 4 is 6.08 Å². The minimum Gasteiger partial charge on any atom is -0.485 e. The second kappa shape index (κ2) is 9.21. The number of nitrogens with zero attached hydrogens (tertiary/aromatic N) is 1. The van der Waals surface area contributed by atoms with E-state index in [1.54, 1.807) is 6.08 Å². The predicted molar refractivity (Wildman–Crippen MR) is 99.8 cm³/mol. The summed E-state index contributed by atoms with van der Waals surface area (Å²) in [5.74, 6) is 1.28. The summed E-state index contributed by atoms with van der Waals surface area (Å²) in [4.78, 5) is 14.0. The summed E-state index contributed by atoms with van der Waals surface area (Å²) in [6.07, 6.45) is 1.56. The molecule has 3 aromatic rings. The molecule has 3 aromatic carbocycles. The molecule has 0 radical (unpaired) electrons. The van der Waals surface area contributed by atoms with Gasteiger partial charge >= 0.3 is 0 Å². The highest BCUT2D eigenvalue weighted by Gasteiger charge is 2.08. The van der Waals surface area contributed by atoms with Crippen LogP contribution in [-0.2, 0) is 24.6 Å². The molecule has 0 amide bonds. The van der Waals surface area contributed by atoms with Crippen LogP contribution in [0, 0.1) is 0 Å². The fourth-order valence-electron chi connectivity index (χ4n) is 2.48. The molecule has 0 bridgehead atoms. The van der Waals surface area contributed by atoms with E-state index in [4.69, 9.17) is 9.47 Å². The molecule has 0 saturated heterocycles. The summed E-state index contributed by atoms with van der Waals surface area (Å²) >= 11 is 0. The predicted octanol–water partition coefficient (Wildman–Crippen LogP) is 4.68. The summed E-state index contributed by atoms with van der Waals surface area (Å²) in [5, 5.41) is 0. The third kappa shape index (κ3) is 5.07. The first-order chi connectivity index (χ1) is 12.8. The molecule has 0 aliphatic carbocycles. The Labute approximate surface area is 152 Å². The van der Waals surface area contributed by atoms with Crippen LogP contribution in [0.5, 0.6) is 11.5 Å². The highest BCUT2D eigenvalue weighted by atomic mass is 16.5. The minimum atomic E-state index is 0.268. The van der Waals surface area contributed by atoms with Gasteiger partial charge in [-0.15, -0.1) is 0 Å². The van der Waals surface area contributed by atoms with Crippen molar-refractivity contribution in [2.24, 2.45) is 4.99 Å². The molecule has 0 heterocycles. The van der Waals surface area contributed by atoms with Crippen LogP contribution in [0.3, 0.4) is 0 Å². The van der Waals surface area contributed by atoms with Gasteiger partial charge in [0.05, 0.1) is 6.54 Å². The third-order valence-corrected chi connectivity index (χ3v) is 3.81. The molecule has 0 unspecified atom stereocenters. The Morgan fingerprint density at radius 3 is 1.85 bits per heavy atom. The van der Waals surface area contributed by atoms with Crippen molar-refractivity contribution in [2.75, 3.05) is 0 Å². The van der Waals surface area contributed by atoms with E-state index in [2.05, 4.69) is 4.99 Å². The van der Waals surface area contributed by atoms with Gasteiger partial charge in [-0.3, -0.25) is 0 Å². The first-order valence-corrected chi connectivity index (χ1v) is 8.35. The molecule has 0 atom stereocenters. The molecular formula is C22H19NO3. The number of hydrogen-bond acceptors (Lipinski definition) is 4. The minimum absolute atomic E-state index is 0.268. The van der Waals surface area contributed by atoms with E-state index in [1.807, 2.05) is 78.9 Å². The van der Waals surface area contributed by atoms with Crippen LogP contribution in [0.15, 0.2) is 83.9 Å². The maximum atomic E-state index is 10.4. The first kappa shape index (κ1) is 17.5. The van der Waals surface area contributed by atoms with E-state index in [9.17, 15) is 4.79 Å². The van der Waals surface area contributed by atoms with Crippen LogP contribution in [0.1, 0.15) is 16.7 Å². The molecular weight excluding hydrogens is 326 g/mol. The number of carbonyl (C=O) groups excluding carboxylic acids is 1. The fourth-order valence-corrected chi connectivity index (χ4v) is 2.48. The van der Waals surface area contributed by atoms with Gasteiger partial charge in [0, 0.05) is 0 Å². The van der Waals surface area contributed by atoms with Crippen molar-refractivity contribution in [3.05, 3.63) is 95.6 Å². The van der Waals surface area contributed by atoms with Gasteiger partial charge in [0.2, 0.25) is 6.08 Å². The summed E-state index contributed by atoms with van der Waals surface area (Å²) in [7, 11) is 0. The van der Waals surface area contributed by atoms with E-state index in [1.165, 1.54) is 0 Å². The van der Waals surface area contributed by atoms with Gasteiger partial charge in [-0.25, -0.2) is 9.79 Å². The van der Waals surface area contributed by atoms with Gasteiger partial charge in [-0.1, -0.05) is 66.7 Å². The standard InChI is InChI=1S/C22H19NO3/c24-17-23-14-20-11-12-21(25-15-18-7-3-1-4-8-18)22(13-20)26-16-19-9-5-2-6-10-19/h1-13H,14-16H2. The lowest BCUT2D eigenvalue weighted by molar-refractivity contribution is 0.255. The van der Waals surface area contributed by atoms with Crippen LogP contribution >= 0.6 is 0 Å². The largest absolute Gasteiger partial charge is 0.485 e. The first-order valence-electron chi connectivity index (χ1n) is 8.35. The Kier molecular flexibility index (Phi) is 6.19. The van der Waals surface area contributed by atoms with Crippen molar-refractivity contribution < 1.29 is 14.3 Å². The normalized spacial score (nSPS) is 10.0. The van der Waals surface area contributed by atoms with Gasteiger partial charge in [0.15, 0.2) is 11.5 Å². The molecule has 0 fully saturated rings. The van der Waals surface area contributed by atoms with Crippen LogP contribution in [0.4, 0.5) is 0 Å². The Morgan fingerprint density at radius 2 is 1.27 bits per heavy atom. The molecule has 3 rings (SSSR count).